The summed E-state index contributed by atoms with van der Waals surface area (Å²) in [6.07, 6.45) is -0.268. The number of thiophene rings is 1. The van der Waals surface area contributed by atoms with Crippen LogP contribution >= 0.6 is 18.9 Å². The van der Waals surface area contributed by atoms with Crippen molar-refractivity contribution in [3.63, 3.8) is 0 Å². The Morgan fingerprint density at radius 1 is 1.13 bits per heavy atom. The molecule has 0 aliphatic rings. The summed E-state index contributed by atoms with van der Waals surface area (Å²) in [5.41, 5.74) is 0.805. The van der Waals surface area contributed by atoms with E-state index in [1.165, 1.54) is 0 Å². The van der Waals surface area contributed by atoms with Crippen molar-refractivity contribution in [2.24, 2.45) is 5.92 Å². The van der Waals surface area contributed by atoms with Crippen LogP contribution in [0.5, 0.6) is 0 Å². The Balaban J connectivity index is 1.81. The monoisotopic (exact) mass is 467 g/mol. The van der Waals surface area contributed by atoms with Crippen molar-refractivity contribution in [2.45, 2.75) is 39.3 Å². The molecule has 31 heavy (non-hydrogen) atoms. The number of carbonyl (C=O) groups excluding carboxylic acids is 2. The molecule has 1 aromatic heterocycles. The molecule has 0 spiro atoms. The summed E-state index contributed by atoms with van der Waals surface area (Å²) in [4.78, 5) is 35.8. The highest BCUT2D eigenvalue weighted by atomic mass is 32.1. The van der Waals surface area contributed by atoms with Gasteiger partial charge in [0.05, 0.1) is 6.04 Å². The van der Waals surface area contributed by atoms with Crippen LogP contribution in [0.1, 0.15) is 30.7 Å². The molecule has 10 heteroatoms. The fourth-order valence-electron chi connectivity index (χ4n) is 2.81. The molecule has 1 aromatic carbocycles. The van der Waals surface area contributed by atoms with Crippen molar-refractivity contribution in [3.8, 4) is 0 Å². The Morgan fingerprint density at radius 3 is 2.52 bits per heavy atom. The van der Waals surface area contributed by atoms with E-state index < -0.39 is 25.9 Å². The number of alkyl carbamates (subject to hydrolysis) is 1. The van der Waals surface area contributed by atoms with Crippen molar-refractivity contribution in [1.82, 2.24) is 15.7 Å². The minimum atomic E-state index is -4.01. The highest BCUT2D eigenvalue weighted by Gasteiger charge is 2.29. The average Bonchev–Trinajstić information content (AvgIpc) is 3.24. The molecule has 0 radical (unpaired) electrons. The van der Waals surface area contributed by atoms with E-state index in [4.69, 9.17) is 4.74 Å². The third-order valence-corrected chi connectivity index (χ3v) is 6.52. The number of amides is 2. The Morgan fingerprint density at radius 2 is 1.87 bits per heavy atom. The predicted octanol–water partition coefficient (Wildman–Crippen LogP) is 3.48. The lowest BCUT2D eigenvalue weighted by molar-refractivity contribution is -0.123. The van der Waals surface area contributed by atoms with Gasteiger partial charge in [-0.05, 0) is 35.8 Å². The first-order chi connectivity index (χ1) is 14.7. The Bertz CT molecular complexity index is 861. The number of hydrogen-bond donors (Lipinski definition) is 4. The van der Waals surface area contributed by atoms with Crippen molar-refractivity contribution in [3.05, 3.63) is 58.3 Å². The van der Waals surface area contributed by atoms with Gasteiger partial charge in [0.1, 0.15) is 12.9 Å². The van der Waals surface area contributed by atoms with Gasteiger partial charge in [-0.25, -0.2) is 9.88 Å². The van der Waals surface area contributed by atoms with Crippen molar-refractivity contribution in [1.29, 1.82) is 0 Å². The summed E-state index contributed by atoms with van der Waals surface area (Å²) in [6.45, 7) is 4.35. The summed E-state index contributed by atoms with van der Waals surface area (Å²) in [7, 11) is -4.01. The summed E-state index contributed by atoms with van der Waals surface area (Å²) >= 11 is 1.61. The maximum atomic E-state index is 12.6. The zero-order valence-electron chi connectivity index (χ0n) is 17.7. The standard InChI is InChI=1S/C21H30N3O5PS/c1-16(2)13-19(20(25)22-11-10-18-9-6-12-31-18)24-30(27,28)15-23-21(26)29-14-17-7-4-3-5-8-17/h3-9,12,16,19H,10-11,13-15H2,1-2H3,(H,22,25)(H,23,26)(H2,24,27,28)/t19-/m0/s1. The SMILES string of the molecule is CC(C)C[C@H](NP(=O)(O)CNC(=O)OCc1ccccc1)C(=O)NCCc1cccs1. The van der Waals surface area contributed by atoms with Crippen LogP contribution in [0.15, 0.2) is 47.8 Å². The second kappa shape index (κ2) is 12.6. The Hall–Kier alpha value is -2.19. The first-order valence-corrected chi connectivity index (χ1v) is 12.8. The summed E-state index contributed by atoms with van der Waals surface area (Å²) in [5, 5.41) is 9.60. The number of nitrogens with one attached hydrogen (secondary N) is 3. The predicted molar refractivity (Wildman–Crippen MR) is 122 cm³/mol. The zero-order valence-corrected chi connectivity index (χ0v) is 19.5. The molecule has 0 bridgehead atoms. The van der Waals surface area contributed by atoms with E-state index >= 15 is 0 Å². The molecule has 2 amide bonds. The van der Waals surface area contributed by atoms with Crippen LogP contribution in [-0.4, -0.2) is 35.8 Å². The molecule has 4 N–H and O–H groups in total. The molecule has 0 saturated heterocycles. The van der Waals surface area contributed by atoms with Gasteiger partial charge in [-0.3, -0.25) is 9.36 Å². The number of hydrogen-bond acceptors (Lipinski definition) is 5. The van der Waals surface area contributed by atoms with Gasteiger partial charge in [0.25, 0.3) is 7.52 Å². The Labute approximate surface area is 186 Å². The van der Waals surface area contributed by atoms with Crippen LogP contribution in [0.3, 0.4) is 0 Å². The molecule has 0 saturated carbocycles. The quantitative estimate of drug-likeness (QED) is 0.355. The fraction of sp³-hybridized carbons (Fsp3) is 0.429. The van der Waals surface area contributed by atoms with Crippen LogP contribution in [0.25, 0.3) is 0 Å². The average molecular weight is 468 g/mol. The van der Waals surface area contributed by atoms with Crippen LogP contribution < -0.4 is 15.7 Å². The van der Waals surface area contributed by atoms with Crippen molar-refractivity contribution < 1.29 is 23.8 Å². The van der Waals surface area contributed by atoms with Crippen LogP contribution in [-0.2, 0) is 27.1 Å². The molecule has 1 heterocycles. The third kappa shape index (κ3) is 10.1. The van der Waals surface area contributed by atoms with E-state index in [1.807, 2.05) is 49.6 Å². The lowest BCUT2D eigenvalue weighted by Gasteiger charge is -2.23. The van der Waals surface area contributed by atoms with E-state index in [-0.39, 0.29) is 18.4 Å². The minimum absolute atomic E-state index is 0.0540. The fourth-order valence-corrected chi connectivity index (χ4v) is 4.67. The topological polar surface area (TPSA) is 117 Å². The van der Waals surface area contributed by atoms with Gasteiger partial charge in [-0.1, -0.05) is 50.2 Å². The smallest absolute Gasteiger partial charge is 0.407 e. The summed E-state index contributed by atoms with van der Waals surface area (Å²) in [6, 6.07) is 12.2. The van der Waals surface area contributed by atoms with E-state index in [1.54, 1.807) is 23.5 Å². The van der Waals surface area contributed by atoms with Crippen LogP contribution in [0.4, 0.5) is 4.79 Å². The maximum Gasteiger partial charge on any atom is 0.407 e. The lowest BCUT2D eigenvalue weighted by atomic mass is 10.0. The normalized spacial score (nSPS) is 13.9. The molecule has 170 valence electrons. The second-order valence-electron chi connectivity index (χ2n) is 7.53. The molecule has 2 rings (SSSR count). The molecule has 0 aliphatic carbocycles. The van der Waals surface area contributed by atoms with Crippen molar-refractivity contribution >= 4 is 30.9 Å². The van der Waals surface area contributed by atoms with Gasteiger partial charge in [0, 0.05) is 11.4 Å². The molecule has 1 unspecified atom stereocenters. The number of carbonyl (C=O) groups is 2. The van der Waals surface area contributed by atoms with E-state index in [2.05, 4.69) is 15.7 Å². The van der Waals surface area contributed by atoms with Gasteiger partial charge >= 0.3 is 6.09 Å². The first-order valence-electron chi connectivity index (χ1n) is 10.1. The van der Waals surface area contributed by atoms with E-state index in [0.717, 1.165) is 10.4 Å². The lowest BCUT2D eigenvalue weighted by Crippen LogP contribution is -2.45. The zero-order chi connectivity index (χ0) is 22.7. The van der Waals surface area contributed by atoms with Crippen LogP contribution in [0.2, 0.25) is 0 Å². The van der Waals surface area contributed by atoms with Gasteiger partial charge in [0.15, 0.2) is 0 Å². The molecule has 0 fully saturated rings. The van der Waals surface area contributed by atoms with E-state index in [9.17, 15) is 19.0 Å². The van der Waals surface area contributed by atoms with Gasteiger partial charge in [0.2, 0.25) is 5.91 Å². The molecular weight excluding hydrogens is 437 g/mol. The highest BCUT2D eigenvalue weighted by molar-refractivity contribution is 7.55. The largest absolute Gasteiger partial charge is 0.445 e. The van der Waals surface area contributed by atoms with E-state index in [0.29, 0.717) is 19.4 Å². The van der Waals surface area contributed by atoms with Crippen molar-refractivity contribution in [2.75, 3.05) is 12.8 Å². The van der Waals surface area contributed by atoms with Crippen LogP contribution in [0, 0.1) is 5.92 Å². The number of rotatable bonds is 12. The van der Waals surface area contributed by atoms with Gasteiger partial charge < -0.3 is 20.3 Å². The molecule has 0 aliphatic heterocycles. The summed E-state index contributed by atoms with van der Waals surface area (Å²) < 4.78 is 17.6. The van der Waals surface area contributed by atoms with Gasteiger partial charge in [-0.15, -0.1) is 11.3 Å². The molecule has 2 atom stereocenters. The Kier molecular flexibility index (Phi) is 10.2. The minimum Gasteiger partial charge on any atom is -0.445 e. The molecule has 8 nitrogen and oxygen atoms in total. The second-order valence-corrected chi connectivity index (χ2v) is 10.5. The number of benzene rings is 1. The highest BCUT2D eigenvalue weighted by Crippen LogP contribution is 2.35. The maximum absolute atomic E-state index is 12.6. The number of ether oxygens (including phenoxy) is 1. The third-order valence-electron chi connectivity index (χ3n) is 4.28. The first kappa shape index (κ1) is 25.1. The van der Waals surface area contributed by atoms with Gasteiger partial charge in [-0.2, -0.15) is 0 Å². The summed E-state index contributed by atoms with van der Waals surface area (Å²) in [5.74, 6) is -0.212. The molecular formula is C21H30N3O5PS. The molecule has 2 aromatic rings.